The molecule has 0 radical (unpaired) electrons. The van der Waals surface area contributed by atoms with Gasteiger partial charge in [-0.2, -0.15) is 0 Å². The summed E-state index contributed by atoms with van der Waals surface area (Å²) in [5.74, 6) is 1.42. The van der Waals surface area contributed by atoms with E-state index in [4.69, 9.17) is 9.47 Å². The van der Waals surface area contributed by atoms with E-state index in [2.05, 4.69) is 34.7 Å². The lowest BCUT2D eigenvalue weighted by Gasteiger charge is -2.13. The van der Waals surface area contributed by atoms with Gasteiger partial charge in [0, 0.05) is 33.4 Å². The Morgan fingerprint density at radius 2 is 2.05 bits per heavy atom. The van der Waals surface area contributed by atoms with Gasteiger partial charge in [-0.1, -0.05) is 13.8 Å². The maximum absolute atomic E-state index is 5.56. The number of hydrogen-bond donors (Lipinski definition) is 1. The van der Waals surface area contributed by atoms with Gasteiger partial charge in [0.15, 0.2) is 5.82 Å². The predicted molar refractivity (Wildman–Crippen MR) is 76.4 cm³/mol. The third-order valence-electron chi connectivity index (χ3n) is 2.81. The Morgan fingerprint density at radius 1 is 1.25 bits per heavy atom. The molecule has 116 valence electrons. The lowest BCUT2D eigenvalue weighted by molar-refractivity contribution is 0.104. The zero-order valence-electron chi connectivity index (χ0n) is 13.0. The normalized spacial score (nSPS) is 13.1. The first-order chi connectivity index (χ1) is 9.65. The maximum atomic E-state index is 5.56. The van der Waals surface area contributed by atoms with E-state index in [-0.39, 0.29) is 6.04 Å². The van der Waals surface area contributed by atoms with Gasteiger partial charge in [-0.05, 0) is 29.7 Å². The SMILES string of the molecule is COCCNC(C)c1nnnn1CCCOCC(C)C. The molecule has 0 spiro atoms. The predicted octanol–water partition coefficient (Wildman–Crippen LogP) is 1.03. The average molecular weight is 285 g/mol. The smallest absolute Gasteiger partial charge is 0.167 e. The minimum absolute atomic E-state index is 0.108. The molecule has 0 saturated carbocycles. The number of nitrogens with zero attached hydrogens (tertiary/aromatic N) is 4. The van der Waals surface area contributed by atoms with Crippen molar-refractivity contribution in [2.24, 2.45) is 5.92 Å². The summed E-state index contributed by atoms with van der Waals surface area (Å²) >= 11 is 0. The quantitative estimate of drug-likeness (QED) is 0.612. The summed E-state index contributed by atoms with van der Waals surface area (Å²) in [6.45, 7) is 10.1. The molecule has 1 unspecified atom stereocenters. The first-order valence-corrected chi connectivity index (χ1v) is 7.21. The number of aryl methyl sites for hydroxylation is 1. The number of ether oxygens (including phenoxy) is 2. The van der Waals surface area contributed by atoms with Crippen molar-refractivity contribution < 1.29 is 9.47 Å². The standard InChI is InChI=1S/C13H27N5O2/c1-11(2)10-20-8-5-7-18-13(15-16-17-18)12(3)14-6-9-19-4/h11-12,14H,5-10H2,1-4H3. The van der Waals surface area contributed by atoms with Gasteiger partial charge >= 0.3 is 0 Å². The topological polar surface area (TPSA) is 74.1 Å². The lowest BCUT2D eigenvalue weighted by Crippen LogP contribution is -2.26. The fraction of sp³-hybridized carbons (Fsp3) is 0.923. The molecule has 0 aliphatic heterocycles. The second-order valence-electron chi connectivity index (χ2n) is 5.25. The van der Waals surface area contributed by atoms with Gasteiger partial charge in [-0.15, -0.1) is 5.10 Å². The zero-order valence-corrected chi connectivity index (χ0v) is 13.0. The van der Waals surface area contributed by atoms with Crippen LogP contribution in [0.4, 0.5) is 0 Å². The van der Waals surface area contributed by atoms with E-state index in [9.17, 15) is 0 Å². The molecule has 7 nitrogen and oxygen atoms in total. The van der Waals surface area contributed by atoms with E-state index in [0.29, 0.717) is 12.5 Å². The van der Waals surface area contributed by atoms with Gasteiger partial charge in [0.1, 0.15) is 0 Å². The number of methoxy groups -OCH3 is 1. The second-order valence-corrected chi connectivity index (χ2v) is 5.25. The Labute approximate surface area is 121 Å². The molecule has 1 atom stereocenters. The maximum Gasteiger partial charge on any atom is 0.167 e. The summed E-state index contributed by atoms with van der Waals surface area (Å²) in [5.41, 5.74) is 0. The van der Waals surface area contributed by atoms with Gasteiger partial charge < -0.3 is 14.8 Å². The van der Waals surface area contributed by atoms with E-state index in [1.165, 1.54) is 0 Å². The summed E-state index contributed by atoms with van der Waals surface area (Å²) < 4.78 is 12.4. The highest BCUT2D eigenvalue weighted by Crippen LogP contribution is 2.07. The second kappa shape index (κ2) is 9.79. The van der Waals surface area contributed by atoms with Crippen LogP contribution in [0.25, 0.3) is 0 Å². The van der Waals surface area contributed by atoms with Gasteiger partial charge in [0.05, 0.1) is 12.6 Å². The minimum Gasteiger partial charge on any atom is -0.383 e. The fourth-order valence-electron chi connectivity index (χ4n) is 1.79. The van der Waals surface area contributed by atoms with Crippen molar-refractivity contribution >= 4 is 0 Å². The highest BCUT2D eigenvalue weighted by Gasteiger charge is 2.13. The highest BCUT2D eigenvalue weighted by molar-refractivity contribution is 4.89. The number of rotatable bonds is 11. The largest absolute Gasteiger partial charge is 0.383 e. The van der Waals surface area contributed by atoms with Gasteiger partial charge in [0.2, 0.25) is 0 Å². The Hall–Kier alpha value is -1.05. The van der Waals surface area contributed by atoms with Gasteiger partial charge in [-0.3, -0.25) is 0 Å². The molecule has 0 saturated heterocycles. The van der Waals surface area contributed by atoms with Crippen LogP contribution in [-0.2, 0) is 16.0 Å². The Bertz CT molecular complexity index is 356. The Morgan fingerprint density at radius 3 is 2.75 bits per heavy atom. The molecule has 1 aromatic rings. The summed E-state index contributed by atoms with van der Waals surface area (Å²) in [6.07, 6.45) is 0.912. The monoisotopic (exact) mass is 285 g/mol. The highest BCUT2D eigenvalue weighted by atomic mass is 16.5. The third-order valence-corrected chi connectivity index (χ3v) is 2.81. The number of tetrazole rings is 1. The summed E-state index contributed by atoms with van der Waals surface area (Å²) in [7, 11) is 1.69. The van der Waals surface area contributed by atoms with Crippen molar-refractivity contribution in [3.8, 4) is 0 Å². The average Bonchev–Trinajstić information content (AvgIpc) is 2.86. The first-order valence-electron chi connectivity index (χ1n) is 7.21. The van der Waals surface area contributed by atoms with Gasteiger partial charge in [0.25, 0.3) is 0 Å². The van der Waals surface area contributed by atoms with Crippen LogP contribution in [0.3, 0.4) is 0 Å². The molecule has 0 amide bonds. The molecule has 0 aliphatic rings. The van der Waals surface area contributed by atoms with Crippen molar-refractivity contribution in [3.63, 3.8) is 0 Å². The molecule has 0 aromatic carbocycles. The third kappa shape index (κ3) is 6.40. The van der Waals surface area contributed by atoms with Crippen LogP contribution < -0.4 is 5.32 Å². The zero-order chi connectivity index (χ0) is 14.8. The van der Waals surface area contributed by atoms with Crippen molar-refractivity contribution in [2.45, 2.75) is 39.8 Å². The van der Waals surface area contributed by atoms with E-state index in [1.807, 2.05) is 11.6 Å². The van der Waals surface area contributed by atoms with Crippen molar-refractivity contribution in [1.29, 1.82) is 0 Å². The fourth-order valence-corrected chi connectivity index (χ4v) is 1.79. The van der Waals surface area contributed by atoms with E-state index in [0.717, 1.165) is 38.5 Å². The molecule has 20 heavy (non-hydrogen) atoms. The molecule has 0 aliphatic carbocycles. The van der Waals surface area contributed by atoms with E-state index < -0.39 is 0 Å². The van der Waals surface area contributed by atoms with Crippen LogP contribution in [-0.4, -0.2) is 53.7 Å². The molecular weight excluding hydrogens is 258 g/mol. The van der Waals surface area contributed by atoms with Gasteiger partial charge in [-0.25, -0.2) is 4.68 Å². The van der Waals surface area contributed by atoms with Crippen molar-refractivity contribution in [1.82, 2.24) is 25.5 Å². The molecular formula is C13H27N5O2. The molecule has 1 heterocycles. The number of nitrogens with one attached hydrogen (secondary N) is 1. The minimum atomic E-state index is 0.108. The number of aromatic nitrogens is 4. The van der Waals surface area contributed by atoms with Crippen LogP contribution in [0.2, 0.25) is 0 Å². The molecule has 0 fully saturated rings. The van der Waals surface area contributed by atoms with Crippen LogP contribution >= 0.6 is 0 Å². The molecule has 1 aromatic heterocycles. The summed E-state index contributed by atoms with van der Waals surface area (Å²) in [6, 6.07) is 0.108. The van der Waals surface area contributed by atoms with Crippen LogP contribution in [0.1, 0.15) is 39.1 Å². The van der Waals surface area contributed by atoms with E-state index in [1.54, 1.807) is 7.11 Å². The Kier molecular flexibility index (Phi) is 8.32. The summed E-state index contributed by atoms with van der Waals surface area (Å²) in [4.78, 5) is 0. The molecule has 0 bridgehead atoms. The number of hydrogen-bond acceptors (Lipinski definition) is 6. The van der Waals surface area contributed by atoms with Crippen LogP contribution in [0, 0.1) is 5.92 Å². The van der Waals surface area contributed by atoms with E-state index >= 15 is 0 Å². The Balaban J connectivity index is 2.30. The van der Waals surface area contributed by atoms with Crippen LogP contribution in [0.15, 0.2) is 0 Å². The molecule has 7 heteroatoms. The molecule has 1 N–H and O–H groups in total. The van der Waals surface area contributed by atoms with Crippen LogP contribution in [0.5, 0.6) is 0 Å². The molecule has 1 rings (SSSR count). The van der Waals surface area contributed by atoms with Crippen molar-refractivity contribution in [2.75, 3.05) is 33.5 Å². The summed E-state index contributed by atoms with van der Waals surface area (Å²) in [5, 5.41) is 15.2. The lowest BCUT2D eigenvalue weighted by atomic mass is 10.2. The van der Waals surface area contributed by atoms with Crippen molar-refractivity contribution in [3.05, 3.63) is 5.82 Å². The first kappa shape index (κ1) is 17.0.